The van der Waals surface area contributed by atoms with Crippen molar-refractivity contribution in [3.63, 3.8) is 0 Å². The Labute approximate surface area is 129 Å². The van der Waals surface area contributed by atoms with Crippen LogP contribution in [0.5, 0.6) is 0 Å². The molecule has 0 N–H and O–H groups in total. The highest BCUT2D eigenvalue weighted by Crippen LogP contribution is 2.30. The lowest BCUT2D eigenvalue weighted by atomic mass is 9.90. The zero-order valence-electron chi connectivity index (χ0n) is 13.4. The van der Waals surface area contributed by atoms with E-state index in [1.54, 1.807) is 10.4 Å². The maximum absolute atomic E-state index is 12.6. The molecule has 1 heterocycles. The zero-order chi connectivity index (χ0) is 15.5. The topological polar surface area (TPSA) is 37.4 Å². The summed E-state index contributed by atoms with van der Waals surface area (Å²) in [5.41, 5.74) is 1.17. The quantitative estimate of drug-likeness (QED) is 0.763. The summed E-state index contributed by atoms with van der Waals surface area (Å²) in [6.45, 7) is 7.76. The monoisotopic (exact) mass is 309 g/mol. The van der Waals surface area contributed by atoms with E-state index < -0.39 is 10.0 Å². The zero-order valence-corrected chi connectivity index (χ0v) is 14.2. The van der Waals surface area contributed by atoms with Crippen LogP contribution in [0.25, 0.3) is 0 Å². The Kier molecular flexibility index (Phi) is 5.44. The third-order valence-electron chi connectivity index (χ3n) is 4.27. The molecule has 0 radical (unpaired) electrons. The van der Waals surface area contributed by atoms with Crippen molar-refractivity contribution in [3.8, 4) is 0 Å². The van der Waals surface area contributed by atoms with E-state index in [1.165, 1.54) is 5.56 Å². The SMILES string of the molecule is CCCC(CCC)c1cccc(S(=O)(=O)N2CC(C)C2)c1. The van der Waals surface area contributed by atoms with Gasteiger partial charge in [0.25, 0.3) is 0 Å². The number of hydrogen-bond acceptors (Lipinski definition) is 2. The number of sulfonamides is 1. The number of nitrogens with zero attached hydrogens (tertiary/aromatic N) is 1. The van der Waals surface area contributed by atoms with Gasteiger partial charge in [0.15, 0.2) is 0 Å². The number of rotatable bonds is 7. The van der Waals surface area contributed by atoms with Gasteiger partial charge in [-0.3, -0.25) is 0 Å². The fraction of sp³-hybridized carbons (Fsp3) is 0.647. The molecule has 1 aliphatic heterocycles. The molecule has 1 saturated heterocycles. The maximum atomic E-state index is 12.6. The lowest BCUT2D eigenvalue weighted by Crippen LogP contribution is -2.48. The van der Waals surface area contributed by atoms with Gasteiger partial charge in [-0.15, -0.1) is 0 Å². The molecule has 0 saturated carbocycles. The van der Waals surface area contributed by atoms with Crippen molar-refractivity contribution in [2.24, 2.45) is 5.92 Å². The Morgan fingerprint density at radius 2 is 1.81 bits per heavy atom. The summed E-state index contributed by atoms with van der Waals surface area (Å²) in [5, 5.41) is 0. The third-order valence-corrected chi connectivity index (χ3v) is 6.10. The average Bonchev–Trinajstić information content (AvgIpc) is 2.44. The highest BCUT2D eigenvalue weighted by Gasteiger charge is 2.34. The van der Waals surface area contributed by atoms with E-state index in [1.807, 2.05) is 12.1 Å². The molecule has 1 aromatic rings. The molecule has 0 spiro atoms. The summed E-state index contributed by atoms with van der Waals surface area (Å²) in [5.74, 6) is 0.960. The van der Waals surface area contributed by atoms with E-state index in [-0.39, 0.29) is 0 Å². The van der Waals surface area contributed by atoms with Crippen molar-refractivity contribution in [2.75, 3.05) is 13.1 Å². The lowest BCUT2D eigenvalue weighted by Gasteiger charge is -2.36. The summed E-state index contributed by atoms with van der Waals surface area (Å²) >= 11 is 0. The van der Waals surface area contributed by atoms with Crippen molar-refractivity contribution in [1.82, 2.24) is 4.31 Å². The minimum atomic E-state index is -3.29. The van der Waals surface area contributed by atoms with Crippen LogP contribution in [-0.2, 0) is 10.0 Å². The van der Waals surface area contributed by atoms with Crippen LogP contribution in [0.15, 0.2) is 29.2 Å². The average molecular weight is 309 g/mol. The standard InChI is InChI=1S/C17H27NO2S/c1-4-7-15(8-5-2)16-9-6-10-17(11-16)21(19,20)18-12-14(3)13-18/h6,9-11,14-15H,4-5,7-8,12-13H2,1-3H3. The number of hydrogen-bond donors (Lipinski definition) is 0. The Bertz CT molecular complexity index is 556. The maximum Gasteiger partial charge on any atom is 0.243 e. The molecule has 1 aliphatic rings. The summed E-state index contributed by atoms with van der Waals surface area (Å²) in [7, 11) is -3.29. The van der Waals surface area contributed by atoms with Gasteiger partial charge in [0.1, 0.15) is 0 Å². The van der Waals surface area contributed by atoms with Crippen molar-refractivity contribution in [1.29, 1.82) is 0 Å². The van der Waals surface area contributed by atoms with Gasteiger partial charge in [-0.1, -0.05) is 45.7 Å². The van der Waals surface area contributed by atoms with Crippen LogP contribution in [-0.4, -0.2) is 25.8 Å². The smallest absolute Gasteiger partial charge is 0.207 e. The van der Waals surface area contributed by atoms with Gasteiger partial charge in [0.2, 0.25) is 10.0 Å². The molecule has 21 heavy (non-hydrogen) atoms. The third kappa shape index (κ3) is 3.67. The minimum absolute atomic E-state index is 0.462. The first-order valence-corrected chi connectivity index (χ1v) is 9.53. The first-order chi connectivity index (χ1) is 9.98. The molecule has 0 atom stereocenters. The van der Waals surface area contributed by atoms with Gasteiger partial charge in [0.05, 0.1) is 4.90 Å². The largest absolute Gasteiger partial charge is 0.243 e. The second-order valence-electron chi connectivity index (χ2n) is 6.27. The second kappa shape index (κ2) is 6.93. The van der Waals surface area contributed by atoms with Gasteiger partial charge in [-0.05, 0) is 42.4 Å². The molecule has 3 nitrogen and oxygen atoms in total. The summed E-state index contributed by atoms with van der Waals surface area (Å²) in [6, 6.07) is 7.60. The van der Waals surface area contributed by atoms with E-state index in [0.29, 0.717) is 29.8 Å². The van der Waals surface area contributed by atoms with Crippen LogP contribution in [0.2, 0.25) is 0 Å². The van der Waals surface area contributed by atoms with Crippen molar-refractivity contribution >= 4 is 10.0 Å². The first kappa shape index (κ1) is 16.5. The Balaban J connectivity index is 2.24. The molecule has 2 rings (SSSR count). The molecule has 0 aromatic heterocycles. The number of benzene rings is 1. The highest BCUT2D eigenvalue weighted by atomic mass is 32.2. The predicted molar refractivity (Wildman–Crippen MR) is 86.9 cm³/mol. The fourth-order valence-electron chi connectivity index (χ4n) is 3.09. The van der Waals surface area contributed by atoms with Crippen molar-refractivity contribution in [3.05, 3.63) is 29.8 Å². The van der Waals surface area contributed by atoms with Crippen LogP contribution in [0, 0.1) is 5.92 Å². The van der Waals surface area contributed by atoms with Gasteiger partial charge < -0.3 is 0 Å². The molecule has 4 heteroatoms. The molecule has 0 bridgehead atoms. The summed E-state index contributed by atoms with van der Waals surface area (Å²) < 4.78 is 26.7. The lowest BCUT2D eigenvalue weighted by molar-refractivity contribution is 0.218. The fourth-order valence-corrected chi connectivity index (χ4v) is 4.83. The van der Waals surface area contributed by atoms with Crippen molar-refractivity contribution < 1.29 is 8.42 Å². The van der Waals surface area contributed by atoms with Crippen LogP contribution in [0.4, 0.5) is 0 Å². The van der Waals surface area contributed by atoms with E-state index in [0.717, 1.165) is 25.7 Å². The summed E-state index contributed by atoms with van der Waals surface area (Å²) in [6.07, 6.45) is 4.51. The molecule has 1 aromatic carbocycles. The molecule has 0 amide bonds. The van der Waals surface area contributed by atoms with Gasteiger partial charge >= 0.3 is 0 Å². The van der Waals surface area contributed by atoms with Crippen LogP contribution in [0.3, 0.4) is 0 Å². The van der Waals surface area contributed by atoms with Crippen molar-refractivity contribution in [2.45, 2.75) is 57.3 Å². The predicted octanol–water partition coefficient (Wildman–Crippen LogP) is 4.01. The Hall–Kier alpha value is -0.870. The van der Waals surface area contributed by atoms with Crippen LogP contribution in [0.1, 0.15) is 57.9 Å². The molecule has 0 aliphatic carbocycles. The van der Waals surface area contributed by atoms with Crippen LogP contribution < -0.4 is 0 Å². The molecule has 118 valence electrons. The first-order valence-electron chi connectivity index (χ1n) is 8.09. The minimum Gasteiger partial charge on any atom is -0.207 e. The van der Waals surface area contributed by atoms with Gasteiger partial charge in [-0.25, -0.2) is 8.42 Å². The van der Waals surface area contributed by atoms with E-state index in [2.05, 4.69) is 26.8 Å². The van der Waals surface area contributed by atoms with Gasteiger partial charge in [0, 0.05) is 13.1 Å². The highest BCUT2D eigenvalue weighted by molar-refractivity contribution is 7.89. The molecule has 1 fully saturated rings. The second-order valence-corrected chi connectivity index (χ2v) is 8.21. The normalized spacial score (nSPS) is 17.1. The summed E-state index contributed by atoms with van der Waals surface area (Å²) in [4.78, 5) is 0.462. The van der Waals surface area contributed by atoms with E-state index >= 15 is 0 Å². The molecular formula is C17H27NO2S. The Morgan fingerprint density at radius 1 is 1.19 bits per heavy atom. The molecule has 0 unspecified atom stereocenters. The van der Waals surface area contributed by atoms with E-state index in [4.69, 9.17) is 0 Å². The Morgan fingerprint density at radius 3 is 2.33 bits per heavy atom. The van der Waals surface area contributed by atoms with E-state index in [9.17, 15) is 8.42 Å². The molecular weight excluding hydrogens is 282 g/mol. The van der Waals surface area contributed by atoms with Crippen LogP contribution >= 0.6 is 0 Å². The van der Waals surface area contributed by atoms with Gasteiger partial charge in [-0.2, -0.15) is 4.31 Å².